The Hall–Kier alpha value is -0.820. The van der Waals surface area contributed by atoms with Gasteiger partial charge >= 0.3 is 0 Å². The highest BCUT2D eigenvalue weighted by Crippen LogP contribution is 2.26. The molecule has 1 saturated heterocycles. The van der Waals surface area contributed by atoms with E-state index in [9.17, 15) is 8.42 Å². The Morgan fingerprint density at radius 1 is 1.23 bits per heavy atom. The molecule has 126 valence electrons. The van der Waals surface area contributed by atoms with Crippen molar-refractivity contribution in [2.45, 2.75) is 24.2 Å². The number of piperidine rings is 1. The van der Waals surface area contributed by atoms with Crippen molar-refractivity contribution in [1.29, 1.82) is 0 Å². The van der Waals surface area contributed by atoms with Crippen LogP contribution < -0.4 is 10.1 Å². The van der Waals surface area contributed by atoms with E-state index >= 15 is 0 Å². The fourth-order valence-electron chi connectivity index (χ4n) is 2.68. The van der Waals surface area contributed by atoms with Crippen LogP contribution in [0.5, 0.6) is 5.75 Å². The third-order valence-electron chi connectivity index (χ3n) is 4.07. The third-order valence-corrected chi connectivity index (χ3v) is 5.99. The number of nitrogens with zero attached hydrogens (tertiary/aromatic N) is 1. The van der Waals surface area contributed by atoms with Gasteiger partial charge in [0.1, 0.15) is 5.75 Å². The summed E-state index contributed by atoms with van der Waals surface area (Å²) in [5, 5.41) is 3.15. The first-order valence-corrected chi connectivity index (χ1v) is 8.80. The number of ether oxygens (including phenoxy) is 1. The van der Waals surface area contributed by atoms with Crippen molar-refractivity contribution in [2.75, 3.05) is 33.8 Å². The molecule has 1 aromatic carbocycles. The van der Waals surface area contributed by atoms with Crippen LogP contribution in [0.2, 0.25) is 0 Å². The smallest absolute Gasteiger partial charge is 0.243 e. The molecule has 0 bridgehead atoms. The standard InChI is InChI=1S/C15H24N2O3S.ClH/c1-16-10-7-13-8-11-17(12-9-13)21(18,19)15-5-3-14(20-2)4-6-15;/h3-6,13,16H,7-12H2,1-2H3;1H. The van der Waals surface area contributed by atoms with Gasteiger partial charge in [-0.25, -0.2) is 8.42 Å². The van der Waals surface area contributed by atoms with Crippen molar-refractivity contribution in [1.82, 2.24) is 9.62 Å². The number of benzene rings is 1. The Morgan fingerprint density at radius 3 is 2.32 bits per heavy atom. The number of nitrogens with one attached hydrogen (secondary N) is 1. The molecule has 1 N–H and O–H groups in total. The van der Waals surface area contributed by atoms with Gasteiger partial charge in [-0.15, -0.1) is 12.4 Å². The highest BCUT2D eigenvalue weighted by molar-refractivity contribution is 7.89. The van der Waals surface area contributed by atoms with Gasteiger partial charge in [0.15, 0.2) is 0 Å². The van der Waals surface area contributed by atoms with Gasteiger partial charge in [-0.05, 0) is 63.0 Å². The number of rotatable bonds is 6. The Morgan fingerprint density at radius 2 is 1.82 bits per heavy atom. The molecule has 5 nitrogen and oxygen atoms in total. The Kier molecular flexibility index (Phi) is 7.62. The predicted molar refractivity (Wildman–Crippen MR) is 90.3 cm³/mol. The summed E-state index contributed by atoms with van der Waals surface area (Å²) >= 11 is 0. The van der Waals surface area contributed by atoms with Crippen molar-refractivity contribution in [3.8, 4) is 5.75 Å². The molecule has 1 fully saturated rings. The molecule has 1 aromatic rings. The summed E-state index contributed by atoms with van der Waals surface area (Å²) in [6.07, 6.45) is 3.00. The normalized spacial score (nSPS) is 17.0. The van der Waals surface area contributed by atoms with Gasteiger partial charge in [-0.2, -0.15) is 4.31 Å². The van der Waals surface area contributed by atoms with E-state index < -0.39 is 10.0 Å². The molecular weight excluding hydrogens is 324 g/mol. The summed E-state index contributed by atoms with van der Waals surface area (Å²) in [4.78, 5) is 0.344. The van der Waals surface area contributed by atoms with Gasteiger partial charge in [0.25, 0.3) is 0 Å². The lowest BCUT2D eigenvalue weighted by molar-refractivity contribution is 0.263. The van der Waals surface area contributed by atoms with Crippen molar-refractivity contribution in [3.63, 3.8) is 0 Å². The zero-order valence-corrected chi connectivity index (χ0v) is 14.8. The van der Waals surface area contributed by atoms with Crippen LogP contribution in [0.25, 0.3) is 0 Å². The molecule has 0 aromatic heterocycles. The topological polar surface area (TPSA) is 58.6 Å². The minimum Gasteiger partial charge on any atom is -0.497 e. The second-order valence-corrected chi connectivity index (χ2v) is 7.35. The first kappa shape index (κ1) is 19.2. The SMILES string of the molecule is CNCCC1CCN(S(=O)(=O)c2ccc(OC)cc2)CC1.Cl. The van der Waals surface area contributed by atoms with Crippen LogP contribution in [0.1, 0.15) is 19.3 Å². The lowest BCUT2D eigenvalue weighted by Crippen LogP contribution is -2.38. The van der Waals surface area contributed by atoms with Crippen LogP contribution in [0.15, 0.2) is 29.2 Å². The summed E-state index contributed by atoms with van der Waals surface area (Å²) < 4.78 is 31.8. The Labute approximate surface area is 139 Å². The lowest BCUT2D eigenvalue weighted by Gasteiger charge is -2.31. The highest BCUT2D eigenvalue weighted by Gasteiger charge is 2.29. The van der Waals surface area contributed by atoms with Gasteiger partial charge < -0.3 is 10.1 Å². The fourth-order valence-corrected chi connectivity index (χ4v) is 4.15. The third kappa shape index (κ3) is 4.59. The minimum atomic E-state index is -3.37. The molecule has 0 atom stereocenters. The van der Waals surface area contributed by atoms with E-state index in [1.165, 1.54) is 0 Å². The molecule has 0 radical (unpaired) electrons. The average molecular weight is 349 g/mol. The number of halogens is 1. The molecule has 7 heteroatoms. The molecule has 0 spiro atoms. The Balaban J connectivity index is 0.00000242. The average Bonchev–Trinajstić information content (AvgIpc) is 2.53. The van der Waals surface area contributed by atoms with Crippen LogP contribution in [-0.4, -0.2) is 46.5 Å². The molecule has 0 unspecified atom stereocenters. The van der Waals surface area contributed by atoms with Gasteiger partial charge in [0.2, 0.25) is 10.0 Å². The highest BCUT2D eigenvalue weighted by atomic mass is 35.5. The van der Waals surface area contributed by atoms with E-state index in [0.29, 0.717) is 29.7 Å². The lowest BCUT2D eigenvalue weighted by atomic mass is 9.95. The van der Waals surface area contributed by atoms with E-state index in [2.05, 4.69) is 5.32 Å². The quantitative estimate of drug-likeness (QED) is 0.855. The summed E-state index contributed by atoms with van der Waals surface area (Å²) in [5.41, 5.74) is 0. The van der Waals surface area contributed by atoms with Crippen LogP contribution in [0.3, 0.4) is 0 Å². The fraction of sp³-hybridized carbons (Fsp3) is 0.600. The zero-order valence-electron chi connectivity index (χ0n) is 13.1. The monoisotopic (exact) mass is 348 g/mol. The zero-order chi connectivity index (χ0) is 15.3. The summed E-state index contributed by atoms with van der Waals surface area (Å²) in [6.45, 7) is 2.22. The van der Waals surface area contributed by atoms with Crippen LogP contribution in [0, 0.1) is 5.92 Å². The molecule has 1 aliphatic rings. The maximum absolute atomic E-state index is 12.6. The first-order valence-electron chi connectivity index (χ1n) is 7.36. The van der Waals surface area contributed by atoms with Gasteiger partial charge in [-0.3, -0.25) is 0 Å². The number of methoxy groups -OCH3 is 1. The molecule has 1 aliphatic heterocycles. The Bertz CT molecular complexity index is 540. The van der Waals surface area contributed by atoms with Crippen LogP contribution in [-0.2, 0) is 10.0 Å². The summed E-state index contributed by atoms with van der Waals surface area (Å²) in [6, 6.07) is 6.60. The van der Waals surface area contributed by atoms with Crippen molar-refractivity contribution >= 4 is 22.4 Å². The van der Waals surface area contributed by atoms with Crippen LogP contribution in [0.4, 0.5) is 0 Å². The number of hydrogen-bond acceptors (Lipinski definition) is 4. The van der Waals surface area contributed by atoms with Crippen molar-refractivity contribution < 1.29 is 13.2 Å². The van der Waals surface area contributed by atoms with Crippen LogP contribution >= 0.6 is 12.4 Å². The van der Waals surface area contributed by atoms with E-state index in [4.69, 9.17) is 4.74 Å². The van der Waals surface area contributed by atoms with Gasteiger partial charge in [0, 0.05) is 13.1 Å². The maximum atomic E-state index is 12.6. The summed E-state index contributed by atoms with van der Waals surface area (Å²) in [5.74, 6) is 1.29. The molecule has 0 saturated carbocycles. The number of hydrogen-bond donors (Lipinski definition) is 1. The van der Waals surface area contributed by atoms with E-state index in [1.807, 2.05) is 7.05 Å². The molecule has 1 heterocycles. The molecule has 2 rings (SSSR count). The van der Waals surface area contributed by atoms with Crippen molar-refractivity contribution in [2.24, 2.45) is 5.92 Å². The predicted octanol–water partition coefficient (Wildman–Crippen LogP) is 2.13. The largest absolute Gasteiger partial charge is 0.497 e. The summed E-state index contributed by atoms with van der Waals surface area (Å²) in [7, 11) is 0.148. The van der Waals surface area contributed by atoms with Gasteiger partial charge in [0.05, 0.1) is 12.0 Å². The second kappa shape index (κ2) is 8.72. The maximum Gasteiger partial charge on any atom is 0.243 e. The van der Waals surface area contributed by atoms with E-state index in [-0.39, 0.29) is 12.4 Å². The second-order valence-electron chi connectivity index (χ2n) is 5.42. The number of sulfonamides is 1. The van der Waals surface area contributed by atoms with Gasteiger partial charge in [-0.1, -0.05) is 0 Å². The molecule has 0 amide bonds. The first-order chi connectivity index (χ1) is 10.1. The van der Waals surface area contributed by atoms with E-state index in [1.54, 1.807) is 35.7 Å². The molecule has 22 heavy (non-hydrogen) atoms. The minimum absolute atomic E-state index is 0. The molecule has 0 aliphatic carbocycles. The molecular formula is C15H25ClN2O3S. The van der Waals surface area contributed by atoms with E-state index in [0.717, 1.165) is 25.8 Å². The van der Waals surface area contributed by atoms with Crippen molar-refractivity contribution in [3.05, 3.63) is 24.3 Å².